The average molecular weight is 402 g/mol. The Kier molecular flexibility index (Phi) is 7.69. The maximum atomic E-state index is 13.2. The Morgan fingerprint density at radius 2 is 1.50 bits per heavy atom. The van der Waals surface area contributed by atoms with Gasteiger partial charge in [0.2, 0.25) is 11.8 Å². The lowest BCUT2D eigenvalue weighted by atomic mass is 9.99. The summed E-state index contributed by atoms with van der Waals surface area (Å²) in [4.78, 5) is 29.5. The van der Waals surface area contributed by atoms with E-state index in [2.05, 4.69) is 15.6 Å². The number of hydrogen-bond acceptors (Lipinski definition) is 4. The summed E-state index contributed by atoms with van der Waals surface area (Å²) >= 11 is 0. The van der Waals surface area contributed by atoms with Crippen molar-refractivity contribution in [2.45, 2.75) is 24.9 Å². The van der Waals surface area contributed by atoms with Crippen LogP contribution in [-0.2, 0) is 22.4 Å². The fraction of sp³-hybridized carbons (Fsp3) is 0.208. The summed E-state index contributed by atoms with van der Waals surface area (Å²) in [6.45, 7) is -0.172. The number of nitrogens with two attached hydrogens (primary N) is 1. The van der Waals surface area contributed by atoms with Gasteiger partial charge in [0.05, 0.1) is 12.6 Å². The first-order chi connectivity index (χ1) is 14.7. The van der Waals surface area contributed by atoms with Gasteiger partial charge in [0.1, 0.15) is 6.04 Å². The van der Waals surface area contributed by atoms with Gasteiger partial charge in [-0.2, -0.15) is 0 Å². The zero-order chi connectivity index (χ0) is 21.2. The molecule has 0 radical (unpaired) electrons. The normalized spacial score (nSPS) is 12.6. The van der Waals surface area contributed by atoms with E-state index in [0.29, 0.717) is 12.8 Å². The van der Waals surface area contributed by atoms with Gasteiger partial charge in [0.15, 0.2) is 0 Å². The lowest BCUT2D eigenvalue weighted by Gasteiger charge is -2.24. The minimum atomic E-state index is -0.724. The molecular formula is C24H26N4O2. The number of aromatic nitrogens is 1. The molecule has 0 aliphatic heterocycles. The van der Waals surface area contributed by atoms with Crippen molar-refractivity contribution in [1.29, 1.82) is 0 Å². The second-order valence-corrected chi connectivity index (χ2v) is 7.01. The summed E-state index contributed by atoms with van der Waals surface area (Å²) in [5.41, 5.74) is 8.26. The smallest absolute Gasteiger partial charge is 0.243 e. The van der Waals surface area contributed by atoms with Gasteiger partial charge < -0.3 is 16.4 Å². The maximum absolute atomic E-state index is 13.2. The molecule has 2 unspecified atom stereocenters. The number of benzene rings is 2. The molecule has 4 N–H and O–H groups in total. The van der Waals surface area contributed by atoms with Gasteiger partial charge in [-0.25, -0.2) is 0 Å². The first-order valence-electron chi connectivity index (χ1n) is 9.94. The molecule has 154 valence electrons. The molecule has 0 aliphatic carbocycles. The highest BCUT2D eigenvalue weighted by atomic mass is 16.2. The number of amides is 2. The molecule has 0 spiro atoms. The van der Waals surface area contributed by atoms with E-state index < -0.39 is 6.04 Å². The highest BCUT2D eigenvalue weighted by Gasteiger charge is 2.24. The maximum Gasteiger partial charge on any atom is 0.243 e. The molecule has 2 amide bonds. The topological polar surface area (TPSA) is 97.1 Å². The third kappa shape index (κ3) is 6.25. The van der Waals surface area contributed by atoms with Crippen LogP contribution in [0.4, 0.5) is 0 Å². The van der Waals surface area contributed by atoms with Crippen molar-refractivity contribution in [3.63, 3.8) is 0 Å². The molecule has 3 aromatic rings. The molecule has 0 bridgehead atoms. The molecule has 2 atom stereocenters. The summed E-state index contributed by atoms with van der Waals surface area (Å²) in [5, 5.41) is 5.84. The number of nitrogens with one attached hydrogen (secondary N) is 2. The van der Waals surface area contributed by atoms with Crippen molar-refractivity contribution in [2.75, 3.05) is 6.54 Å². The minimum absolute atomic E-state index is 0.172. The quantitative estimate of drug-likeness (QED) is 0.511. The monoisotopic (exact) mass is 402 g/mol. The highest BCUT2D eigenvalue weighted by Crippen LogP contribution is 2.18. The van der Waals surface area contributed by atoms with E-state index in [0.717, 1.165) is 16.8 Å². The fourth-order valence-electron chi connectivity index (χ4n) is 3.25. The lowest BCUT2D eigenvalue weighted by Crippen LogP contribution is -2.50. The van der Waals surface area contributed by atoms with E-state index in [4.69, 9.17) is 5.73 Å². The Hall–Kier alpha value is -3.51. The van der Waals surface area contributed by atoms with Crippen LogP contribution in [-0.4, -0.2) is 29.4 Å². The number of pyridine rings is 1. The molecule has 1 heterocycles. The van der Waals surface area contributed by atoms with Gasteiger partial charge >= 0.3 is 0 Å². The predicted octanol–water partition coefficient (Wildman–Crippen LogP) is 2.17. The standard InChI is InChI=1S/C24H26N4O2/c25-17-23(29)27-22(15-18-9-3-1-4-10-18)24(30)28-21(19-11-5-2-6-12-19)16-20-13-7-8-14-26-20/h1-14,21-22H,15-17,25H2,(H,27,29)(H,28,30). The lowest BCUT2D eigenvalue weighted by molar-refractivity contribution is -0.128. The number of rotatable bonds is 9. The molecule has 2 aromatic carbocycles. The summed E-state index contributed by atoms with van der Waals surface area (Å²) in [6.07, 6.45) is 2.65. The molecule has 0 aliphatic rings. The zero-order valence-electron chi connectivity index (χ0n) is 16.7. The Labute approximate surface area is 176 Å². The predicted molar refractivity (Wildman–Crippen MR) is 116 cm³/mol. The largest absolute Gasteiger partial charge is 0.347 e. The van der Waals surface area contributed by atoms with E-state index in [-0.39, 0.29) is 24.4 Å². The van der Waals surface area contributed by atoms with Crippen LogP contribution >= 0.6 is 0 Å². The SMILES string of the molecule is NCC(=O)NC(Cc1ccccc1)C(=O)NC(Cc1ccccn1)c1ccccc1. The summed E-state index contributed by atoms with van der Waals surface area (Å²) in [7, 11) is 0. The Balaban J connectivity index is 1.80. The third-order valence-corrected chi connectivity index (χ3v) is 4.78. The molecule has 30 heavy (non-hydrogen) atoms. The Morgan fingerprint density at radius 3 is 2.13 bits per heavy atom. The Bertz CT molecular complexity index is 933. The summed E-state index contributed by atoms with van der Waals surface area (Å²) in [6, 6.07) is 24.0. The van der Waals surface area contributed by atoms with Gasteiger partial charge in [-0.1, -0.05) is 66.7 Å². The van der Waals surface area contributed by atoms with Gasteiger partial charge in [-0.05, 0) is 23.3 Å². The van der Waals surface area contributed by atoms with Crippen LogP contribution in [0.15, 0.2) is 85.1 Å². The van der Waals surface area contributed by atoms with Gasteiger partial charge in [-0.15, -0.1) is 0 Å². The van der Waals surface area contributed by atoms with Crippen molar-refractivity contribution in [3.8, 4) is 0 Å². The second kappa shape index (κ2) is 10.9. The minimum Gasteiger partial charge on any atom is -0.347 e. The van der Waals surface area contributed by atoms with Crippen LogP contribution in [0.3, 0.4) is 0 Å². The van der Waals surface area contributed by atoms with E-state index in [9.17, 15) is 9.59 Å². The van der Waals surface area contributed by atoms with Gasteiger partial charge in [-0.3, -0.25) is 14.6 Å². The van der Waals surface area contributed by atoms with Crippen LogP contribution in [0.2, 0.25) is 0 Å². The second-order valence-electron chi connectivity index (χ2n) is 7.01. The van der Waals surface area contributed by atoms with Crippen molar-refractivity contribution in [2.24, 2.45) is 5.73 Å². The zero-order valence-corrected chi connectivity index (χ0v) is 16.7. The third-order valence-electron chi connectivity index (χ3n) is 4.78. The van der Waals surface area contributed by atoms with Crippen LogP contribution in [0.5, 0.6) is 0 Å². The van der Waals surface area contributed by atoms with Gasteiger partial charge in [0.25, 0.3) is 0 Å². The first kappa shape index (κ1) is 21.2. The molecule has 1 aromatic heterocycles. The molecule has 0 saturated heterocycles. The molecule has 3 rings (SSSR count). The molecule has 0 saturated carbocycles. The molecule has 6 nitrogen and oxygen atoms in total. The first-order valence-corrected chi connectivity index (χ1v) is 9.94. The van der Waals surface area contributed by atoms with Crippen LogP contribution < -0.4 is 16.4 Å². The van der Waals surface area contributed by atoms with E-state index in [1.54, 1.807) is 6.20 Å². The Morgan fingerprint density at radius 1 is 0.833 bits per heavy atom. The number of nitrogens with zero attached hydrogens (tertiary/aromatic N) is 1. The molecule has 0 fully saturated rings. The van der Waals surface area contributed by atoms with E-state index in [1.807, 2.05) is 78.9 Å². The highest BCUT2D eigenvalue weighted by molar-refractivity contribution is 5.88. The van der Waals surface area contributed by atoms with Crippen molar-refractivity contribution in [1.82, 2.24) is 15.6 Å². The van der Waals surface area contributed by atoms with Crippen LogP contribution in [0.25, 0.3) is 0 Å². The summed E-state index contributed by atoms with van der Waals surface area (Å²) < 4.78 is 0. The van der Waals surface area contributed by atoms with E-state index >= 15 is 0 Å². The van der Waals surface area contributed by atoms with Gasteiger partial charge in [0, 0.05) is 24.7 Å². The number of carbonyl (C=O) groups is 2. The average Bonchev–Trinajstić information content (AvgIpc) is 2.80. The number of hydrogen-bond donors (Lipinski definition) is 3. The fourth-order valence-corrected chi connectivity index (χ4v) is 3.25. The van der Waals surface area contributed by atoms with Crippen molar-refractivity contribution in [3.05, 3.63) is 102 Å². The van der Waals surface area contributed by atoms with Crippen LogP contribution in [0.1, 0.15) is 22.9 Å². The van der Waals surface area contributed by atoms with Crippen LogP contribution in [0, 0.1) is 0 Å². The number of carbonyl (C=O) groups excluding carboxylic acids is 2. The van der Waals surface area contributed by atoms with E-state index in [1.165, 1.54) is 0 Å². The van der Waals surface area contributed by atoms with Crippen molar-refractivity contribution >= 4 is 11.8 Å². The molecule has 6 heteroatoms. The molecular weight excluding hydrogens is 376 g/mol. The van der Waals surface area contributed by atoms with Crippen molar-refractivity contribution < 1.29 is 9.59 Å². The summed E-state index contributed by atoms with van der Waals surface area (Å²) in [5.74, 6) is -0.627.